The molecule has 0 N–H and O–H groups in total. The average Bonchev–Trinajstić information content (AvgIpc) is 3.00. The molecular formula is C16H12N4O2. The second-order valence-corrected chi connectivity index (χ2v) is 4.88. The van der Waals surface area contributed by atoms with Gasteiger partial charge in [-0.1, -0.05) is 18.2 Å². The fourth-order valence-electron chi connectivity index (χ4n) is 2.38. The lowest BCUT2D eigenvalue weighted by Crippen LogP contribution is -2.24. The molecule has 0 saturated carbocycles. The van der Waals surface area contributed by atoms with Gasteiger partial charge in [0.05, 0.1) is 22.4 Å². The van der Waals surface area contributed by atoms with E-state index in [1.807, 2.05) is 30.3 Å². The molecule has 1 heterocycles. The molecular weight excluding hydrogens is 280 g/mol. The number of non-ortho nitro benzene ring substituents is 1. The summed E-state index contributed by atoms with van der Waals surface area (Å²) in [5.41, 5.74) is 2.44. The second-order valence-electron chi connectivity index (χ2n) is 4.88. The van der Waals surface area contributed by atoms with Crippen molar-refractivity contribution >= 4 is 17.1 Å². The number of hydrogen-bond acceptors (Lipinski definition) is 5. The molecule has 0 saturated heterocycles. The Morgan fingerprint density at radius 2 is 1.86 bits per heavy atom. The number of anilines is 1. The Kier molecular flexibility index (Phi) is 3.54. The van der Waals surface area contributed by atoms with Crippen LogP contribution in [0.2, 0.25) is 0 Å². The highest BCUT2D eigenvalue weighted by Crippen LogP contribution is 2.26. The molecule has 2 aromatic rings. The van der Waals surface area contributed by atoms with Gasteiger partial charge in [0, 0.05) is 18.6 Å². The van der Waals surface area contributed by atoms with Gasteiger partial charge in [-0.25, -0.2) is 5.01 Å². The molecule has 0 aromatic heterocycles. The zero-order chi connectivity index (χ0) is 15.5. The summed E-state index contributed by atoms with van der Waals surface area (Å²) in [6, 6.07) is 17.6. The third-order valence-electron chi connectivity index (χ3n) is 3.49. The van der Waals surface area contributed by atoms with E-state index in [0.29, 0.717) is 6.42 Å². The van der Waals surface area contributed by atoms with E-state index >= 15 is 0 Å². The summed E-state index contributed by atoms with van der Waals surface area (Å²) in [6.45, 7) is 0. The van der Waals surface area contributed by atoms with Crippen molar-refractivity contribution in [3.63, 3.8) is 0 Å². The smallest absolute Gasteiger partial charge is 0.258 e. The van der Waals surface area contributed by atoms with E-state index in [1.54, 1.807) is 17.1 Å². The SMILES string of the molecule is N#CC1CC(c2ccc([N+](=O)[O-])cc2)=NN1c1ccccc1. The van der Waals surface area contributed by atoms with Gasteiger partial charge in [-0.2, -0.15) is 10.4 Å². The van der Waals surface area contributed by atoms with Gasteiger partial charge in [-0.3, -0.25) is 10.1 Å². The molecule has 22 heavy (non-hydrogen) atoms. The van der Waals surface area contributed by atoms with Crippen molar-refractivity contribution in [2.45, 2.75) is 12.5 Å². The molecule has 108 valence electrons. The van der Waals surface area contributed by atoms with Crippen molar-refractivity contribution < 1.29 is 4.92 Å². The van der Waals surface area contributed by atoms with Crippen LogP contribution < -0.4 is 5.01 Å². The summed E-state index contributed by atoms with van der Waals surface area (Å²) in [7, 11) is 0. The van der Waals surface area contributed by atoms with Gasteiger partial charge < -0.3 is 0 Å². The number of hydrogen-bond donors (Lipinski definition) is 0. The number of nitrogens with zero attached hydrogens (tertiary/aromatic N) is 4. The quantitative estimate of drug-likeness (QED) is 0.643. The van der Waals surface area contributed by atoms with Crippen LogP contribution in [0.4, 0.5) is 11.4 Å². The third kappa shape index (κ3) is 2.52. The molecule has 1 aliphatic heterocycles. The van der Waals surface area contributed by atoms with Crippen molar-refractivity contribution in [2.75, 3.05) is 5.01 Å². The molecule has 0 radical (unpaired) electrons. The molecule has 0 aliphatic carbocycles. The van der Waals surface area contributed by atoms with E-state index in [1.165, 1.54) is 12.1 Å². The fraction of sp³-hybridized carbons (Fsp3) is 0.125. The number of rotatable bonds is 3. The largest absolute Gasteiger partial charge is 0.269 e. The van der Waals surface area contributed by atoms with Gasteiger partial charge in [-0.15, -0.1) is 0 Å². The zero-order valence-electron chi connectivity index (χ0n) is 11.6. The molecule has 0 fully saturated rings. The van der Waals surface area contributed by atoms with Gasteiger partial charge in [0.2, 0.25) is 0 Å². The summed E-state index contributed by atoms with van der Waals surface area (Å²) in [5.74, 6) is 0. The predicted octanol–water partition coefficient (Wildman–Crippen LogP) is 3.10. The van der Waals surface area contributed by atoms with Crippen molar-refractivity contribution in [3.05, 3.63) is 70.3 Å². The van der Waals surface area contributed by atoms with Crippen molar-refractivity contribution in [1.29, 1.82) is 5.26 Å². The maximum absolute atomic E-state index is 10.7. The molecule has 0 amide bonds. The topological polar surface area (TPSA) is 82.5 Å². The number of nitro benzene ring substituents is 1. The highest BCUT2D eigenvalue weighted by Gasteiger charge is 2.28. The lowest BCUT2D eigenvalue weighted by Gasteiger charge is -2.17. The Bertz CT molecular complexity index is 763. The van der Waals surface area contributed by atoms with E-state index in [2.05, 4.69) is 11.2 Å². The minimum atomic E-state index is -0.436. The Morgan fingerprint density at radius 3 is 2.45 bits per heavy atom. The zero-order valence-corrected chi connectivity index (χ0v) is 11.6. The van der Waals surface area contributed by atoms with Crippen LogP contribution in [0.3, 0.4) is 0 Å². The molecule has 6 heteroatoms. The number of benzene rings is 2. The lowest BCUT2D eigenvalue weighted by molar-refractivity contribution is -0.384. The third-order valence-corrected chi connectivity index (χ3v) is 3.49. The lowest BCUT2D eigenvalue weighted by atomic mass is 10.0. The van der Waals surface area contributed by atoms with E-state index in [4.69, 9.17) is 0 Å². The van der Waals surface area contributed by atoms with Crippen LogP contribution in [0.5, 0.6) is 0 Å². The molecule has 1 unspecified atom stereocenters. The van der Waals surface area contributed by atoms with E-state index in [-0.39, 0.29) is 11.7 Å². The minimum absolute atomic E-state index is 0.0408. The number of hydrazone groups is 1. The summed E-state index contributed by atoms with van der Waals surface area (Å²) in [6.07, 6.45) is 0.489. The van der Waals surface area contributed by atoms with Gasteiger partial charge in [0.15, 0.2) is 0 Å². The minimum Gasteiger partial charge on any atom is -0.258 e. The van der Waals surface area contributed by atoms with E-state index in [9.17, 15) is 15.4 Å². The van der Waals surface area contributed by atoms with Crippen LogP contribution in [0, 0.1) is 21.4 Å². The van der Waals surface area contributed by atoms with Crippen LogP contribution in [-0.2, 0) is 0 Å². The van der Waals surface area contributed by atoms with Crippen LogP contribution in [0.1, 0.15) is 12.0 Å². The average molecular weight is 292 g/mol. The highest BCUT2D eigenvalue weighted by atomic mass is 16.6. The molecule has 1 aliphatic rings. The Labute approximate surface area is 127 Å². The van der Waals surface area contributed by atoms with Gasteiger partial charge in [-0.05, 0) is 29.8 Å². The molecule has 1 atom stereocenters. The van der Waals surface area contributed by atoms with E-state index < -0.39 is 4.92 Å². The standard InChI is InChI=1S/C16H12N4O2/c17-11-15-10-16(12-6-8-14(9-7-12)20(21)22)18-19(15)13-4-2-1-3-5-13/h1-9,15H,10H2. The molecule has 0 spiro atoms. The Hall–Kier alpha value is -3.20. The maximum Gasteiger partial charge on any atom is 0.269 e. The normalized spacial score (nSPS) is 17.0. The molecule has 6 nitrogen and oxygen atoms in total. The van der Waals surface area contributed by atoms with Gasteiger partial charge in [0.25, 0.3) is 5.69 Å². The number of nitro groups is 1. The van der Waals surface area contributed by atoms with Gasteiger partial charge in [0.1, 0.15) is 6.04 Å². The Balaban J connectivity index is 1.92. The summed E-state index contributed by atoms with van der Waals surface area (Å²) >= 11 is 0. The summed E-state index contributed by atoms with van der Waals surface area (Å²) in [5, 5.41) is 26.2. The fourth-order valence-corrected chi connectivity index (χ4v) is 2.38. The van der Waals surface area contributed by atoms with Crippen LogP contribution in [0.25, 0.3) is 0 Å². The molecule has 3 rings (SSSR count). The predicted molar refractivity (Wildman–Crippen MR) is 82.6 cm³/mol. The van der Waals surface area contributed by atoms with Crippen LogP contribution in [0.15, 0.2) is 59.7 Å². The second kappa shape index (κ2) is 5.66. The first kappa shape index (κ1) is 13.8. The first-order chi connectivity index (χ1) is 10.7. The highest BCUT2D eigenvalue weighted by molar-refractivity contribution is 6.03. The van der Waals surface area contributed by atoms with Crippen molar-refractivity contribution in [1.82, 2.24) is 0 Å². The van der Waals surface area contributed by atoms with Crippen LogP contribution >= 0.6 is 0 Å². The monoisotopic (exact) mass is 292 g/mol. The number of nitriles is 1. The van der Waals surface area contributed by atoms with E-state index in [0.717, 1.165) is 17.0 Å². The first-order valence-corrected chi connectivity index (χ1v) is 6.75. The maximum atomic E-state index is 10.7. The summed E-state index contributed by atoms with van der Waals surface area (Å²) < 4.78 is 0. The molecule has 0 bridgehead atoms. The van der Waals surface area contributed by atoms with Gasteiger partial charge >= 0.3 is 0 Å². The molecule has 2 aromatic carbocycles. The summed E-state index contributed by atoms with van der Waals surface area (Å²) in [4.78, 5) is 10.3. The van der Waals surface area contributed by atoms with Crippen molar-refractivity contribution in [2.24, 2.45) is 5.10 Å². The Morgan fingerprint density at radius 1 is 1.18 bits per heavy atom. The van der Waals surface area contributed by atoms with Crippen LogP contribution in [-0.4, -0.2) is 16.7 Å². The first-order valence-electron chi connectivity index (χ1n) is 6.75. The number of para-hydroxylation sites is 1. The van der Waals surface area contributed by atoms with Crippen molar-refractivity contribution in [3.8, 4) is 6.07 Å².